The molecule has 2 rings (SSSR count). The summed E-state index contributed by atoms with van der Waals surface area (Å²) in [6.07, 6.45) is -3.54. The molecule has 18 heavy (non-hydrogen) atoms. The van der Waals surface area contributed by atoms with Crippen molar-refractivity contribution >= 4 is 10.4 Å². The lowest BCUT2D eigenvalue weighted by Crippen LogP contribution is -2.77. The molecule has 2 saturated heterocycles. The molecule has 5 atom stereocenters. The monoisotopic (exact) mass is 288 g/mol. The summed E-state index contributed by atoms with van der Waals surface area (Å²) in [6, 6.07) is 0. The minimum atomic E-state index is -4.85. The van der Waals surface area contributed by atoms with E-state index in [1.165, 1.54) is 0 Å². The number of aliphatic hydroxyl groups is 5. The Morgan fingerprint density at radius 1 is 1.22 bits per heavy atom. The second-order valence-corrected chi connectivity index (χ2v) is 5.38. The Labute approximate surface area is 101 Å². The predicted molar refractivity (Wildman–Crippen MR) is 49.6 cm³/mol. The van der Waals surface area contributed by atoms with Crippen LogP contribution in [-0.4, -0.2) is 70.1 Å². The molecule has 2 fully saturated rings. The highest BCUT2D eigenvalue weighted by atomic mass is 32.3. The van der Waals surface area contributed by atoms with Crippen molar-refractivity contribution in [2.45, 2.75) is 36.5 Å². The molecule has 0 amide bonds. The molecule has 0 radical (unpaired) electrons. The maximum Gasteiger partial charge on any atom is 0.407 e. The first-order valence-electron chi connectivity index (χ1n) is 4.79. The van der Waals surface area contributed by atoms with Gasteiger partial charge in [0.05, 0.1) is 6.61 Å². The molecule has 0 bridgehead atoms. The fourth-order valence-corrected chi connectivity index (χ4v) is 2.92. The molecule has 0 aromatic heterocycles. The van der Waals surface area contributed by atoms with Crippen LogP contribution in [-0.2, 0) is 23.5 Å². The molecule has 0 aliphatic carbocycles. The number of rotatable bonds is 1. The second-order valence-electron chi connectivity index (χ2n) is 4.23. The summed E-state index contributed by atoms with van der Waals surface area (Å²) in [4.78, 5) is 0. The summed E-state index contributed by atoms with van der Waals surface area (Å²) in [6.45, 7) is -0.0862. The van der Waals surface area contributed by atoms with Crippen LogP contribution < -0.4 is 0 Å². The van der Waals surface area contributed by atoms with Gasteiger partial charge in [-0.05, 0) is 6.92 Å². The Morgan fingerprint density at radius 2 is 1.78 bits per heavy atom. The zero-order valence-electron chi connectivity index (χ0n) is 9.05. The second kappa shape index (κ2) is 3.59. The summed E-state index contributed by atoms with van der Waals surface area (Å²) in [7, 11) is -4.85. The third-order valence-corrected chi connectivity index (χ3v) is 3.85. The maximum atomic E-state index is 11.1. The van der Waals surface area contributed by atoms with Gasteiger partial charge >= 0.3 is 22.2 Å². The van der Waals surface area contributed by atoms with Gasteiger partial charge in [0.2, 0.25) is 0 Å². The van der Waals surface area contributed by atoms with Gasteiger partial charge in [0.15, 0.2) is 5.60 Å². The lowest BCUT2D eigenvalue weighted by Gasteiger charge is -2.50. The van der Waals surface area contributed by atoms with Gasteiger partial charge in [-0.25, -0.2) is 4.18 Å². The Morgan fingerprint density at radius 3 is 2.28 bits per heavy atom. The number of hydrogen-bond donors (Lipinski definition) is 5. The molecular formula is C7H12O10S. The smallest absolute Gasteiger partial charge is 0.394 e. The molecule has 0 aromatic carbocycles. The summed E-state index contributed by atoms with van der Waals surface area (Å²) in [5.74, 6) is -6.55. The molecular weight excluding hydrogens is 276 g/mol. The zero-order valence-corrected chi connectivity index (χ0v) is 9.86. The molecule has 106 valence electrons. The number of fused-ring (bicyclic) bond motifs is 1. The third-order valence-electron chi connectivity index (χ3n) is 2.97. The van der Waals surface area contributed by atoms with Crippen LogP contribution in [0.25, 0.3) is 0 Å². The van der Waals surface area contributed by atoms with Gasteiger partial charge in [-0.15, -0.1) is 0 Å². The summed E-state index contributed by atoms with van der Waals surface area (Å²) in [5, 5.41) is 48.2. The Hall–Kier alpha value is -0.370. The molecule has 2 heterocycles. The lowest BCUT2D eigenvalue weighted by atomic mass is 9.82. The third kappa shape index (κ3) is 1.54. The van der Waals surface area contributed by atoms with Crippen LogP contribution in [0.4, 0.5) is 0 Å². The molecule has 0 saturated carbocycles. The van der Waals surface area contributed by atoms with Gasteiger partial charge in [-0.2, -0.15) is 12.6 Å². The van der Waals surface area contributed by atoms with Crippen LogP contribution in [0.3, 0.4) is 0 Å². The van der Waals surface area contributed by atoms with E-state index in [0.29, 0.717) is 0 Å². The van der Waals surface area contributed by atoms with E-state index >= 15 is 0 Å². The van der Waals surface area contributed by atoms with Gasteiger partial charge in [0.25, 0.3) is 0 Å². The van der Waals surface area contributed by atoms with E-state index in [4.69, 9.17) is 5.11 Å². The van der Waals surface area contributed by atoms with Crippen LogP contribution in [0, 0.1) is 0 Å². The minimum Gasteiger partial charge on any atom is -0.394 e. The molecule has 5 N–H and O–H groups in total. The summed E-state index contributed by atoms with van der Waals surface area (Å²) >= 11 is 0. The molecule has 2 aliphatic rings. The highest BCUT2D eigenvalue weighted by Gasteiger charge is 2.79. The SMILES string of the molecule is C[C@]1(O)[C@@H](O)[C@@H](CO)OC2(O)OS(=O)(=O)O[C@@]21O. The molecule has 0 aromatic rings. The molecule has 1 unspecified atom stereocenters. The van der Waals surface area contributed by atoms with Gasteiger partial charge in [-0.1, -0.05) is 0 Å². The van der Waals surface area contributed by atoms with Crippen molar-refractivity contribution in [3.63, 3.8) is 0 Å². The molecule has 2 aliphatic heterocycles. The first kappa shape index (κ1) is 14.0. The Balaban J connectivity index is 2.56. The normalized spacial score (nSPS) is 55.2. The van der Waals surface area contributed by atoms with Crippen LogP contribution >= 0.6 is 0 Å². The van der Waals surface area contributed by atoms with Crippen molar-refractivity contribution in [3.8, 4) is 0 Å². The molecule has 10 nitrogen and oxygen atoms in total. The van der Waals surface area contributed by atoms with Crippen molar-refractivity contribution in [1.82, 2.24) is 0 Å². The lowest BCUT2D eigenvalue weighted by molar-refractivity contribution is -0.494. The van der Waals surface area contributed by atoms with E-state index in [9.17, 15) is 28.8 Å². The van der Waals surface area contributed by atoms with Gasteiger partial charge in [0.1, 0.15) is 12.2 Å². The van der Waals surface area contributed by atoms with E-state index in [1.807, 2.05) is 0 Å². The van der Waals surface area contributed by atoms with Crippen LogP contribution in [0.5, 0.6) is 0 Å². The fourth-order valence-electron chi connectivity index (χ4n) is 1.89. The van der Waals surface area contributed by atoms with Crippen LogP contribution in [0.15, 0.2) is 0 Å². The van der Waals surface area contributed by atoms with Crippen molar-refractivity contribution in [1.29, 1.82) is 0 Å². The van der Waals surface area contributed by atoms with Gasteiger partial charge < -0.3 is 30.3 Å². The Bertz CT molecular complexity index is 459. The van der Waals surface area contributed by atoms with Gasteiger partial charge in [0, 0.05) is 0 Å². The van der Waals surface area contributed by atoms with Crippen molar-refractivity contribution in [2.75, 3.05) is 6.61 Å². The van der Waals surface area contributed by atoms with E-state index in [0.717, 1.165) is 6.92 Å². The highest BCUT2D eigenvalue weighted by Crippen LogP contribution is 2.50. The van der Waals surface area contributed by atoms with E-state index in [-0.39, 0.29) is 0 Å². The standard InChI is InChI=1S/C7H12O10S/c1-5(10)4(9)3(2-8)15-7(12)6(5,11)16-18(13,14)17-7/h3-4,8-12H,2H2,1H3/t3-,4+,5+,6-,7?/m1/s1. The number of aliphatic hydroxyl groups excluding tert-OH is 2. The quantitative estimate of drug-likeness (QED) is 0.322. The first-order valence-corrected chi connectivity index (χ1v) is 6.12. The first-order chi connectivity index (χ1) is 7.99. The number of ether oxygens (including phenoxy) is 1. The topological polar surface area (TPSA) is 163 Å². The van der Waals surface area contributed by atoms with E-state index < -0.39 is 46.6 Å². The van der Waals surface area contributed by atoms with Gasteiger partial charge in [-0.3, -0.25) is 0 Å². The molecule has 0 spiro atoms. The minimum absolute atomic E-state index is 0.790. The summed E-state index contributed by atoms with van der Waals surface area (Å²) in [5.41, 5.74) is -2.68. The van der Waals surface area contributed by atoms with E-state index in [1.54, 1.807) is 0 Å². The summed E-state index contributed by atoms with van der Waals surface area (Å²) < 4.78 is 34.8. The average Bonchev–Trinajstić information content (AvgIpc) is 2.40. The average molecular weight is 288 g/mol. The largest absolute Gasteiger partial charge is 0.407 e. The number of hydrogen-bond acceptors (Lipinski definition) is 10. The predicted octanol–water partition coefficient (Wildman–Crippen LogP) is -3.88. The maximum absolute atomic E-state index is 11.1. The van der Waals surface area contributed by atoms with Crippen molar-refractivity contribution < 1.29 is 47.1 Å². The Kier molecular flexibility index (Phi) is 2.80. The van der Waals surface area contributed by atoms with Crippen LogP contribution in [0.1, 0.15) is 6.92 Å². The van der Waals surface area contributed by atoms with Crippen LogP contribution in [0.2, 0.25) is 0 Å². The van der Waals surface area contributed by atoms with Crippen molar-refractivity contribution in [2.24, 2.45) is 0 Å². The fraction of sp³-hybridized carbons (Fsp3) is 1.00. The van der Waals surface area contributed by atoms with E-state index in [2.05, 4.69) is 13.1 Å². The zero-order chi connectivity index (χ0) is 14.0. The highest BCUT2D eigenvalue weighted by molar-refractivity contribution is 7.82. The molecule has 11 heteroatoms. The van der Waals surface area contributed by atoms with Crippen molar-refractivity contribution in [3.05, 3.63) is 0 Å².